The van der Waals surface area contributed by atoms with E-state index in [4.69, 9.17) is 14.6 Å². The summed E-state index contributed by atoms with van der Waals surface area (Å²) < 4.78 is 36.8. The van der Waals surface area contributed by atoms with E-state index in [9.17, 15) is 13.2 Å². The molecule has 0 saturated carbocycles. The van der Waals surface area contributed by atoms with E-state index >= 15 is 0 Å². The minimum atomic E-state index is -3.61. The lowest BCUT2D eigenvalue weighted by Crippen LogP contribution is -2.38. The molecule has 122 valence electrons. The van der Waals surface area contributed by atoms with Crippen LogP contribution in [-0.4, -0.2) is 56.7 Å². The molecule has 1 heterocycles. The van der Waals surface area contributed by atoms with Crippen LogP contribution in [0.3, 0.4) is 0 Å². The maximum atomic E-state index is 12.7. The van der Waals surface area contributed by atoms with Gasteiger partial charge in [-0.1, -0.05) is 0 Å². The second-order valence-corrected chi connectivity index (χ2v) is 6.89. The molecule has 0 aliphatic carbocycles. The Labute approximate surface area is 129 Å². The maximum Gasteiger partial charge on any atom is 0.329 e. The number of carboxylic acid groups (broad SMARTS) is 1. The van der Waals surface area contributed by atoms with Crippen LogP contribution in [0.25, 0.3) is 0 Å². The minimum Gasteiger partial charge on any atom is -0.497 e. The summed E-state index contributed by atoms with van der Waals surface area (Å²) in [4.78, 5) is 10.7. The second-order valence-electron chi connectivity index (χ2n) is 5.00. The van der Waals surface area contributed by atoms with Gasteiger partial charge in [0, 0.05) is 12.6 Å². The summed E-state index contributed by atoms with van der Waals surface area (Å²) in [5, 5.41) is 8.57. The van der Waals surface area contributed by atoms with Crippen LogP contribution in [0.4, 0.5) is 0 Å². The summed E-state index contributed by atoms with van der Waals surface area (Å²) in [6.45, 7) is 0.0735. The van der Waals surface area contributed by atoms with Crippen molar-refractivity contribution in [2.75, 3.05) is 26.9 Å². The van der Waals surface area contributed by atoms with Crippen LogP contribution in [0, 0.1) is 0 Å². The fourth-order valence-corrected chi connectivity index (χ4v) is 4.14. The van der Waals surface area contributed by atoms with Gasteiger partial charge < -0.3 is 14.6 Å². The molecular formula is C14H19NO6S. The van der Waals surface area contributed by atoms with Crippen LogP contribution in [0.5, 0.6) is 5.75 Å². The van der Waals surface area contributed by atoms with E-state index in [1.807, 2.05) is 0 Å². The first-order chi connectivity index (χ1) is 10.4. The molecular weight excluding hydrogens is 310 g/mol. The standard InChI is InChI=1S/C14H19NO6S/c1-20-12-4-6-13(7-5-12)22(18,19)15-8-2-3-11(15)9-21-10-14(16)17/h4-7,11H,2-3,8-10H2,1H3,(H,16,17). The van der Waals surface area contributed by atoms with Crippen molar-refractivity contribution >= 4 is 16.0 Å². The molecule has 1 fully saturated rings. The van der Waals surface area contributed by atoms with Gasteiger partial charge in [-0.05, 0) is 37.1 Å². The largest absolute Gasteiger partial charge is 0.497 e. The Bertz CT molecular complexity index is 613. The van der Waals surface area contributed by atoms with Gasteiger partial charge in [0.05, 0.1) is 18.6 Å². The van der Waals surface area contributed by atoms with Crippen LogP contribution < -0.4 is 4.74 Å². The molecule has 1 N–H and O–H groups in total. The van der Waals surface area contributed by atoms with Crippen molar-refractivity contribution < 1.29 is 27.8 Å². The Kier molecular flexibility index (Phi) is 5.38. The van der Waals surface area contributed by atoms with Crippen LogP contribution in [0.1, 0.15) is 12.8 Å². The molecule has 0 bridgehead atoms. The van der Waals surface area contributed by atoms with Crippen LogP contribution >= 0.6 is 0 Å². The second kappa shape index (κ2) is 7.08. The fraction of sp³-hybridized carbons (Fsp3) is 0.500. The molecule has 0 spiro atoms. The Morgan fingerprint density at radius 3 is 2.64 bits per heavy atom. The van der Waals surface area contributed by atoms with Crippen LogP contribution in [0.15, 0.2) is 29.2 Å². The summed E-state index contributed by atoms with van der Waals surface area (Å²) in [5.74, 6) is -0.482. The number of carbonyl (C=O) groups is 1. The van der Waals surface area contributed by atoms with Crippen molar-refractivity contribution in [3.05, 3.63) is 24.3 Å². The molecule has 0 aromatic heterocycles. The van der Waals surface area contributed by atoms with Gasteiger partial charge in [-0.25, -0.2) is 13.2 Å². The van der Waals surface area contributed by atoms with E-state index < -0.39 is 22.6 Å². The molecule has 0 amide bonds. The monoisotopic (exact) mass is 329 g/mol. The molecule has 8 heteroatoms. The Morgan fingerprint density at radius 2 is 2.05 bits per heavy atom. The SMILES string of the molecule is COc1ccc(S(=O)(=O)N2CCCC2COCC(=O)O)cc1. The van der Waals surface area contributed by atoms with Gasteiger partial charge in [-0.15, -0.1) is 0 Å². The van der Waals surface area contributed by atoms with Gasteiger partial charge in [0.25, 0.3) is 0 Å². The van der Waals surface area contributed by atoms with Gasteiger partial charge in [0.1, 0.15) is 12.4 Å². The smallest absolute Gasteiger partial charge is 0.329 e. The zero-order valence-electron chi connectivity index (χ0n) is 12.3. The molecule has 1 aromatic rings. The summed E-state index contributed by atoms with van der Waals surface area (Å²) in [6.07, 6.45) is 1.39. The van der Waals surface area contributed by atoms with Gasteiger partial charge in [-0.2, -0.15) is 4.31 Å². The van der Waals surface area contributed by atoms with E-state index in [0.29, 0.717) is 18.7 Å². The molecule has 1 atom stereocenters. The summed E-state index contributed by atoms with van der Waals surface area (Å²) in [5.41, 5.74) is 0. The van der Waals surface area contributed by atoms with E-state index in [0.717, 1.165) is 6.42 Å². The average Bonchev–Trinajstić information content (AvgIpc) is 2.96. The molecule has 22 heavy (non-hydrogen) atoms. The topological polar surface area (TPSA) is 93.1 Å². The number of hydrogen-bond acceptors (Lipinski definition) is 5. The first-order valence-electron chi connectivity index (χ1n) is 6.90. The number of ether oxygens (including phenoxy) is 2. The van der Waals surface area contributed by atoms with Crippen molar-refractivity contribution in [2.24, 2.45) is 0 Å². The van der Waals surface area contributed by atoms with E-state index in [-0.39, 0.29) is 17.5 Å². The lowest BCUT2D eigenvalue weighted by molar-refractivity contribution is -0.142. The van der Waals surface area contributed by atoms with Crippen molar-refractivity contribution in [1.82, 2.24) is 4.31 Å². The third kappa shape index (κ3) is 3.76. The first-order valence-corrected chi connectivity index (χ1v) is 8.34. The highest BCUT2D eigenvalue weighted by molar-refractivity contribution is 7.89. The zero-order valence-corrected chi connectivity index (χ0v) is 13.1. The van der Waals surface area contributed by atoms with Gasteiger partial charge >= 0.3 is 5.97 Å². The van der Waals surface area contributed by atoms with E-state index in [1.165, 1.54) is 23.5 Å². The highest BCUT2D eigenvalue weighted by atomic mass is 32.2. The minimum absolute atomic E-state index is 0.0850. The number of aliphatic carboxylic acids is 1. The van der Waals surface area contributed by atoms with Crippen LogP contribution in [0.2, 0.25) is 0 Å². The third-order valence-electron chi connectivity index (χ3n) is 3.52. The average molecular weight is 329 g/mol. The van der Waals surface area contributed by atoms with Crippen molar-refractivity contribution in [1.29, 1.82) is 0 Å². The Hall–Kier alpha value is -1.64. The highest BCUT2D eigenvalue weighted by Crippen LogP contribution is 2.27. The predicted octanol–water partition coefficient (Wildman–Crippen LogP) is 0.949. The molecule has 2 rings (SSSR count). The number of methoxy groups -OCH3 is 1. The van der Waals surface area contributed by atoms with Gasteiger partial charge in [0.2, 0.25) is 10.0 Å². The van der Waals surface area contributed by atoms with Gasteiger partial charge in [-0.3, -0.25) is 0 Å². The van der Waals surface area contributed by atoms with Gasteiger partial charge in [0.15, 0.2) is 0 Å². The number of carboxylic acids is 1. The fourth-order valence-electron chi connectivity index (χ4n) is 2.46. The lowest BCUT2D eigenvalue weighted by atomic mass is 10.2. The predicted molar refractivity (Wildman–Crippen MR) is 78.4 cm³/mol. The number of sulfonamides is 1. The number of nitrogens with zero attached hydrogens (tertiary/aromatic N) is 1. The number of rotatable bonds is 7. The molecule has 1 aliphatic heterocycles. The molecule has 7 nitrogen and oxygen atoms in total. The quantitative estimate of drug-likeness (QED) is 0.800. The van der Waals surface area contributed by atoms with Crippen molar-refractivity contribution in [3.8, 4) is 5.75 Å². The third-order valence-corrected chi connectivity index (χ3v) is 5.49. The summed E-state index contributed by atoms with van der Waals surface area (Å²) in [6, 6.07) is 5.87. The molecule has 1 saturated heterocycles. The zero-order chi connectivity index (χ0) is 16.2. The molecule has 1 unspecified atom stereocenters. The van der Waals surface area contributed by atoms with Crippen LogP contribution in [-0.2, 0) is 19.6 Å². The van der Waals surface area contributed by atoms with Crippen molar-refractivity contribution in [3.63, 3.8) is 0 Å². The molecule has 1 aliphatic rings. The molecule has 1 aromatic carbocycles. The summed E-state index contributed by atoms with van der Waals surface area (Å²) in [7, 11) is -2.10. The number of hydrogen-bond donors (Lipinski definition) is 1. The Morgan fingerprint density at radius 1 is 1.36 bits per heavy atom. The summed E-state index contributed by atoms with van der Waals surface area (Å²) >= 11 is 0. The maximum absolute atomic E-state index is 12.7. The number of benzene rings is 1. The Balaban J connectivity index is 2.10. The lowest BCUT2D eigenvalue weighted by Gasteiger charge is -2.23. The van der Waals surface area contributed by atoms with E-state index in [1.54, 1.807) is 12.1 Å². The first kappa shape index (κ1) is 16.7. The normalized spacial score (nSPS) is 19.2. The molecule has 0 radical (unpaired) electrons. The highest BCUT2D eigenvalue weighted by Gasteiger charge is 2.35. The van der Waals surface area contributed by atoms with E-state index in [2.05, 4.69) is 0 Å². The van der Waals surface area contributed by atoms with Crippen molar-refractivity contribution in [2.45, 2.75) is 23.8 Å².